The fourth-order valence-corrected chi connectivity index (χ4v) is 1.52. The third-order valence-corrected chi connectivity index (χ3v) is 2.25. The molecule has 0 atom stereocenters. The van der Waals surface area contributed by atoms with E-state index in [-0.39, 0.29) is 10.7 Å². The molecule has 1 heterocycles. The number of nitrogens with two attached hydrogens (primary N) is 1. The summed E-state index contributed by atoms with van der Waals surface area (Å²) in [6.45, 7) is 0. The van der Waals surface area contributed by atoms with Crippen molar-refractivity contribution in [3.05, 3.63) is 18.1 Å². The minimum Gasteiger partial charge on any atom is -0.364 e. The van der Waals surface area contributed by atoms with Gasteiger partial charge in [0.05, 0.1) is 0 Å². The Morgan fingerprint density at radius 1 is 1.38 bits per heavy atom. The van der Waals surface area contributed by atoms with Crippen LogP contribution in [0.25, 0.3) is 0 Å². The third kappa shape index (κ3) is 2.00. The summed E-state index contributed by atoms with van der Waals surface area (Å²) in [7, 11) is -3.55. The SMILES string of the molecule is CS(=O)(=O)c1nccnc1C(N)=O. The van der Waals surface area contributed by atoms with E-state index in [1.807, 2.05) is 0 Å². The number of carbonyl (C=O) groups excluding carboxylic acids is 1. The van der Waals surface area contributed by atoms with E-state index in [4.69, 9.17) is 5.73 Å². The number of carbonyl (C=O) groups is 1. The molecule has 0 saturated carbocycles. The molecular weight excluding hydrogens is 194 g/mol. The minimum absolute atomic E-state index is 0.329. The maximum absolute atomic E-state index is 11.0. The lowest BCUT2D eigenvalue weighted by Gasteiger charge is -2.00. The average Bonchev–Trinajstić information content (AvgIpc) is 2.03. The van der Waals surface area contributed by atoms with Gasteiger partial charge >= 0.3 is 0 Å². The summed E-state index contributed by atoms with van der Waals surface area (Å²) in [5.41, 5.74) is 4.58. The van der Waals surface area contributed by atoms with Gasteiger partial charge in [0.1, 0.15) is 0 Å². The molecule has 0 aliphatic carbocycles. The predicted molar refractivity (Wildman–Crippen MR) is 43.7 cm³/mol. The number of sulfone groups is 1. The number of nitrogens with zero attached hydrogens (tertiary/aromatic N) is 2. The lowest BCUT2D eigenvalue weighted by atomic mass is 10.4. The van der Waals surface area contributed by atoms with Crippen molar-refractivity contribution >= 4 is 15.7 Å². The number of aromatic nitrogens is 2. The molecule has 0 aliphatic rings. The third-order valence-electron chi connectivity index (χ3n) is 1.25. The van der Waals surface area contributed by atoms with Crippen LogP contribution in [0.15, 0.2) is 17.4 Å². The predicted octanol–water partition coefficient (Wildman–Crippen LogP) is -1.02. The van der Waals surface area contributed by atoms with E-state index in [1.165, 1.54) is 12.4 Å². The van der Waals surface area contributed by atoms with Gasteiger partial charge in [-0.3, -0.25) is 4.79 Å². The first-order valence-corrected chi connectivity index (χ1v) is 5.13. The second-order valence-electron chi connectivity index (χ2n) is 2.35. The van der Waals surface area contributed by atoms with Gasteiger partial charge < -0.3 is 5.73 Å². The van der Waals surface area contributed by atoms with Crippen LogP contribution in [0.5, 0.6) is 0 Å². The average molecular weight is 201 g/mol. The molecule has 0 bridgehead atoms. The highest BCUT2D eigenvalue weighted by Crippen LogP contribution is 2.07. The van der Waals surface area contributed by atoms with Crippen LogP contribution < -0.4 is 5.73 Å². The maximum atomic E-state index is 11.0. The molecule has 6 nitrogen and oxygen atoms in total. The van der Waals surface area contributed by atoms with Crippen molar-refractivity contribution in [2.45, 2.75) is 5.03 Å². The number of hydrogen-bond acceptors (Lipinski definition) is 5. The number of hydrogen-bond donors (Lipinski definition) is 1. The van der Waals surface area contributed by atoms with Crippen LogP contribution in [0.4, 0.5) is 0 Å². The Hall–Kier alpha value is -1.50. The molecule has 0 unspecified atom stereocenters. The number of primary amides is 1. The first kappa shape index (κ1) is 9.59. The number of amides is 1. The van der Waals surface area contributed by atoms with Crippen LogP contribution >= 0.6 is 0 Å². The largest absolute Gasteiger partial charge is 0.364 e. The van der Waals surface area contributed by atoms with Crippen molar-refractivity contribution in [2.24, 2.45) is 5.73 Å². The van der Waals surface area contributed by atoms with E-state index in [1.54, 1.807) is 0 Å². The van der Waals surface area contributed by atoms with E-state index in [9.17, 15) is 13.2 Å². The highest BCUT2D eigenvalue weighted by atomic mass is 32.2. The van der Waals surface area contributed by atoms with Gasteiger partial charge in [-0.1, -0.05) is 0 Å². The Labute approximate surface area is 74.7 Å². The van der Waals surface area contributed by atoms with Gasteiger partial charge in [0, 0.05) is 18.6 Å². The molecule has 70 valence electrons. The monoisotopic (exact) mass is 201 g/mol. The van der Waals surface area contributed by atoms with Crippen molar-refractivity contribution in [1.29, 1.82) is 0 Å². The van der Waals surface area contributed by atoms with Gasteiger partial charge in [-0.05, 0) is 0 Å². The molecule has 1 aromatic heterocycles. The molecule has 13 heavy (non-hydrogen) atoms. The summed E-state index contributed by atoms with van der Waals surface area (Å²) in [5.74, 6) is -0.909. The first-order valence-electron chi connectivity index (χ1n) is 3.24. The summed E-state index contributed by atoms with van der Waals surface area (Å²) in [4.78, 5) is 17.8. The van der Waals surface area contributed by atoms with Crippen molar-refractivity contribution in [1.82, 2.24) is 9.97 Å². The van der Waals surface area contributed by atoms with Crippen molar-refractivity contribution in [3.8, 4) is 0 Å². The Bertz CT molecular complexity index is 440. The Morgan fingerprint density at radius 2 is 1.92 bits per heavy atom. The molecule has 1 amide bonds. The summed E-state index contributed by atoms with van der Waals surface area (Å²) in [6.07, 6.45) is 3.32. The molecule has 0 saturated heterocycles. The summed E-state index contributed by atoms with van der Waals surface area (Å²) < 4.78 is 22.1. The van der Waals surface area contributed by atoms with Crippen molar-refractivity contribution in [3.63, 3.8) is 0 Å². The second kappa shape index (κ2) is 3.09. The van der Waals surface area contributed by atoms with Gasteiger partial charge in [0.15, 0.2) is 20.6 Å². The highest BCUT2D eigenvalue weighted by molar-refractivity contribution is 7.90. The number of rotatable bonds is 2. The topological polar surface area (TPSA) is 103 Å². The Balaban J connectivity index is 3.46. The van der Waals surface area contributed by atoms with E-state index in [0.717, 1.165) is 6.26 Å². The fraction of sp³-hybridized carbons (Fsp3) is 0.167. The summed E-state index contributed by atoms with van der Waals surface area (Å²) in [6, 6.07) is 0. The molecule has 0 aromatic carbocycles. The zero-order valence-electron chi connectivity index (χ0n) is 6.76. The van der Waals surface area contributed by atoms with E-state index >= 15 is 0 Å². The molecule has 1 rings (SSSR count). The van der Waals surface area contributed by atoms with Crippen LogP contribution in [0, 0.1) is 0 Å². The van der Waals surface area contributed by atoms with E-state index < -0.39 is 15.7 Å². The van der Waals surface area contributed by atoms with Gasteiger partial charge in [-0.25, -0.2) is 18.4 Å². The van der Waals surface area contributed by atoms with Crippen molar-refractivity contribution in [2.75, 3.05) is 6.26 Å². The van der Waals surface area contributed by atoms with Gasteiger partial charge in [-0.15, -0.1) is 0 Å². The van der Waals surface area contributed by atoms with Crippen LogP contribution in [0.3, 0.4) is 0 Å². The Kier molecular flexibility index (Phi) is 2.28. The van der Waals surface area contributed by atoms with Crippen LogP contribution in [-0.4, -0.2) is 30.5 Å². The van der Waals surface area contributed by atoms with Gasteiger partial charge in [0.2, 0.25) is 0 Å². The molecule has 0 spiro atoms. The van der Waals surface area contributed by atoms with Crippen molar-refractivity contribution < 1.29 is 13.2 Å². The zero-order chi connectivity index (χ0) is 10.1. The molecular formula is C6H7N3O3S. The van der Waals surface area contributed by atoms with E-state index in [0.29, 0.717) is 0 Å². The Morgan fingerprint density at radius 3 is 2.31 bits per heavy atom. The van der Waals surface area contributed by atoms with E-state index in [2.05, 4.69) is 9.97 Å². The quantitative estimate of drug-likeness (QED) is 0.659. The second-order valence-corrected chi connectivity index (χ2v) is 4.28. The standard InChI is InChI=1S/C6H7N3O3S/c1-13(11,12)6-4(5(7)10)8-2-3-9-6/h2-3H,1H3,(H2,7,10). The molecule has 0 fully saturated rings. The van der Waals surface area contributed by atoms with Gasteiger partial charge in [-0.2, -0.15) is 0 Å². The first-order chi connectivity index (χ1) is 5.93. The smallest absolute Gasteiger partial charge is 0.270 e. The highest BCUT2D eigenvalue weighted by Gasteiger charge is 2.19. The summed E-state index contributed by atoms with van der Waals surface area (Å²) in [5, 5.41) is -0.387. The molecule has 0 radical (unpaired) electrons. The molecule has 0 aliphatic heterocycles. The minimum atomic E-state index is -3.55. The van der Waals surface area contributed by atoms with Gasteiger partial charge in [0.25, 0.3) is 5.91 Å². The fourth-order valence-electron chi connectivity index (χ4n) is 0.766. The lowest BCUT2D eigenvalue weighted by Crippen LogP contribution is -2.18. The molecule has 2 N–H and O–H groups in total. The zero-order valence-corrected chi connectivity index (χ0v) is 7.58. The normalized spacial score (nSPS) is 11.2. The lowest BCUT2D eigenvalue weighted by molar-refractivity contribution is 0.0991. The molecule has 1 aromatic rings. The van der Waals surface area contributed by atoms with Crippen LogP contribution in [-0.2, 0) is 9.84 Å². The summed E-state index contributed by atoms with van der Waals surface area (Å²) >= 11 is 0. The molecule has 7 heteroatoms. The van der Waals surface area contributed by atoms with Crippen LogP contribution in [0.1, 0.15) is 10.5 Å². The van der Waals surface area contributed by atoms with Crippen LogP contribution in [0.2, 0.25) is 0 Å². The maximum Gasteiger partial charge on any atom is 0.270 e.